The first-order valence-corrected chi connectivity index (χ1v) is 6.39. The highest BCUT2D eigenvalue weighted by molar-refractivity contribution is 6.35. The first-order valence-electron chi connectivity index (χ1n) is 6.01. The van der Waals surface area contributed by atoms with Crippen molar-refractivity contribution in [2.75, 3.05) is 5.32 Å². The monoisotopic (exact) mass is 283 g/mol. The number of pyridine rings is 2. The fraction of sp³-hybridized carbons (Fsp3) is 0. The minimum atomic E-state index is -0.266. The SMILES string of the molecule is O=C(Nc1ccc(Cl)c2ncccc12)c1ccccn1. The van der Waals surface area contributed by atoms with Crippen molar-refractivity contribution in [3.63, 3.8) is 0 Å². The van der Waals surface area contributed by atoms with Gasteiger partial charge >= 0.3 is 0 Å². The summed E-state index contributed by atoms with van der Waals surface area (Å²) < 4.78 is 0. The van der Waals surface area contributed by atoms with Gasteiger partial charge in [0, 0.05) is 17.8 Å². The molecular weight excluding hydrogens is 274 g/mol. The van der Waals surface area contributed by atoms with E-state index in [0.717, 1.165) is 5.39 Å². The summed E-state index contributed by atoms with van der Waals surface area (Å²) in [4.78, 5) is 20.4. The van der Waals surface area contributed by atoms with E-state index >= 15 is 0 Å². The molecular formula is C15H10ClN3O. The van der Waals surface area contributed by atoms with Gasteiger partial charge in [-0.1, -0.05) is 17.7 Å². The van der Waals surface area contributed by atoms with Crippen LogP contribution in [0.1, 0.15) is 10.5 Å². The van der Waals surface area contributed by atoms with E-state index in [4.69, 9.17) is 11.6 Å². The van der Waals surface area contributed by atoms with E-state index in [1.807, 2.05) is 6.07 Å². The fourth-order valence-corrected chi connectivity index (χ4v) is 2.14. The van der Waals surface area contributed by atoms with E-state index in [1.54, 1.807) is 48.8 Å². The number of amides is 1. The molecule has 1 aromatic carbocycles. The largest absolute Gasteiger partial charge is 0.320 e. The summed E-state index contributed by atoms with van der Waals surface area (Å²) in [6.45, 7) is 0. The third-order valence-electron chi connectivity index (χ3n) is 2.87. The third-order valence-corrected chi connectivity index (χ3v) is 3.17. The van der Waals surface area contributed by atoms with E-state index in [9.17, 15) is 4.79 Å². The molecule has 2 heterocycles. The van der Waals surface area contributed by atoms with Crippen LogP contribution in [0.25, 0.3) is 10.9 Å². The molecule has 5 heteroatoms. The van der Waals surface area contributed by atoms with Crippen molar-refractivity contribution in [2.45, 2.75) is 0 Å². The van der Waals surface area contributed by atoms with Crippen LogP contribution in [0.5, 0.6) is 0 Å². The van der Waals surface area contributed by atoms with Crippen LogP contribution in [0.15, 0.2) is 54.9 Å². The molecule has 0 aliphatic rings. The van der Waals surface area contributed by atoms with Crippen molar-refractivity contribution >= 4 is 34.1 Å². The fourth-order valence-electron chi connectivity index (χ4n) is 1.93. The normalized spacial score (nSPS) is 10.4. The number of hydrogen-bond acceptors (Lipinski definition) is 3. The lowest BCUT2D eigenvalue weighted by atomic mass is 10.1. The quantitative estimate of drug-likeness (QED) is 0.783. The number of anilines is 1. The number of aromatic nitrogens is 2. The molecule has 98 valence electrons. The first kappa shape index (κ1) is 12.6. The van der Waals surface area contributed by atoms with Gasteiger partial charge in [0.05, 0.1) is 16.2 Å². The number of carbonyl (C=O) groups is 1. The zero-order valence-corrected chi connectivity index (χ0v) is 11.1. The molecule has 0 saturated heterocycles. The predicted octanol–water partition coefficient (Wildman–Crippen LogP) is 3.54. The van der Waals surface area contributed by atoms with E-state index in [1.165, 1.54) is 0 Å². The Morgan fingerprint density at radius 1 is 1.00 bits per heavy atom. The lowest BCUT2D eigenvalue weighted by Gasteiger charge is -2.08. The van der Waals surface area contributed by atoms with Gasteiger partial charge in [0.2, 0.25) is 0 Å². The van der Waals surface area contributed by atoms with Gasteiger partial charge in [0.25, 0.3) is 5.91 Å². The molecule has 0 unspecified atom stereocenters. The van der Waals surface area contributed by atoms with Gasteiger partial charge < -0.3 is 5.32 Å². The summed E-state index contributed by atoms with van der Waals surface area (Å²) in [5.41, 5.74) is 1.68. The van der Waals surface area contributed by atoms with Gasteiger partial charge in [-0.05, 0) is 36.4 Å². The summed E-state index contributed by atoms with van der Waals surface area (Å²) in [6.07, 6.45) is 3.25. The van der Waals surface area contributed by atoms with Crippen LogP contribution in [0.3, 0.4) is 0 Å². The van der Waals surface area contributed by atoms with E-state index in [0.29, 0.717) is 21.9 Å². The Balaban J connectivity index is 2.00. The molecule has 20 heavy (non-hydrogen) atoms. The summed E-state index contributed by atoms with van der Waals surface area (Å²) in [5, 5.41) is 4.18. The van der Waals surface area contributed by atoms with Gasteiger partial charge in [-0.15, -0.1) is 0 Å². The average molecular weight is 284 g/mol. The van der Waals surface area contributed by atoms with Crippen LogP contribution >= 0.6 is 11.6 Å². The lowest BCUT2D eigenvalue weighted by Crippen LogP contribution is -2.13. The minimum absolute atomic E-state index is 0.266. The maximum absolute atomic E-state index is 12.1. The molecule has 0 atom stereocenters. The van der Waals surface area contributed by atoms with Crippen LogP contribution in [0.2, 0.25) is 5.02 Å². The van der Waals surface area contributed by atoms with Crippen molar-refractivity contribution in [3.05, 3.63) is 65.6 Å². The molecule has 4 nitrogen and oxygen atoms in total. The van der Waals surface area contributed by atoms with Crippen molar-refractivity contribution in [1.29, 1.82) is 0 Å². The first-order chi connectivity index (χ1) is 9.75. The smallest absolute Gasteiger partial charge is 0.274 e. The second-order valence-electron chi connectivity index (χ2n) is 4.16. The number of nitrogens with zero attached hydrogens (tertiary/aromatic N) is 2. The number of nitrogens with one attached hydrogen (secondary N) is 1. The average Bonchev–Trinajstić information content (AvgIpc) is 2.51. The molecule has 0 saturated carbocycles. The standard InChI is InChI=1S/C15H10ClN3O/c16-11-6-7-12(10-4-3-9-18-14(10)11)19-15(20)13-5-1-2-8-17-13/h1-9H,(H,19,20). The molecule has 0 aliphatic heterocycles. The third kappa shape index (κ3) is 2.33. The summed E-state index contributed by atoms with van der Waals surface area (Å²) in [7, 11) is 0. The number of carbonyl (C=O) groups excluding carboxylic acids is 1. The molecule has 1 amide bonds. The second kappa shape index (κ2) is 5.27. The van der Waals surface area contributed by atoms with Gasteiger partial charge in [-0.2, -0.15) is 0 Å². The Labute approximate surface area is 120 Å². The zero-order valence-electron chi connectivity index (χ0n) is 10.4. The Morgan fingerprint density at radius 2 is 1.85 bits per heavy atom. The molecule has 3 rings (SSSR count). The molecule has 0 bridgehead atoms. The van der Waals surface area contributed by atoms with E-state index < -0.39 is 0 Å². The van der Waals surface area contributed by atoms with Crippen LogP contribution in [-0.2, 0) is 0 Å². The molecule has 0 radical (unpaired) electrons. The highest BCUT2D eigenvalue weighted by Gasteiger charge is 2.10. The van der Waals surface area contributed by atoms with E-state index in [-0.39, 0.29) is 5.91 Å². The Kier molecular flexibility index (Phi) is 3.31. The van der Waals surface area contributed by atoms with E-state index in [2.05, 4.69) is 15.3 Å². The minimum Gasteiger partial charge on any atom is -0.320 e. The summed E-state index contributed by atoms with van der Waals surface area (Å²) in [6, 6.07) is 12.3. The molecule has 1 N–H and O–H groups in total. The van der Waals surface area contributed by atoms with Crippen molar-refractivity contribution in [3.8, 4) is 0 Å². The lowest BCUT2D eigenvalue weighted by molar-refractivity contribution is 0.102. The number of hydrogen-bond donors (Lipinski definition) is 1. The molecule has 0 spiro atoms. The number of fused-ring (bicyclic) bond motifs is 1. The van der Waals surface area contributed by atoms with Crippen molar-refractivity contribution in [2.24, 2.45) is 0 Å². The maximum atomic E-state index is 12.1. The molecule has 0 aliphatic carbocycles. The van der Waals surface area contributed by atoms with Gasteiger partial charge in [0.15, 0.2) is 0 Å². The number of rotatable bonds is 2. The molecule has 3 aromatic rings. The van der Waals surface area contributed by atoms with Crippen molar-refractivity contribution in [1.82, 2.24) is 9.97 Å². The second-order valence-corrected chi connectivity index (χ2v) is 4.57. The van der Waals surface area contributed by atoms with Gasteiger partial charge in [-0.25, -0.2) is 0 Å². The number of benzene rings is 1. The summed E-state index contributed by atoms with van der Waals surface area (Å²) >= 11 is 6.10. The predicted molar refractivity (Wildman–Crippen MR) is 78.9 cm³/mol. The highest BCUT2D eigenvalue weighted by atomic mass is 35.5. The zero-order chi connectivity index (χ0) is 13.9. The maximum Gasteiger partial charge on any atom is 0.274 e. The van der Waals surface area contributed by atoms with Gasteiger partial charge in [-0.3, -0.25) is 14.8 Å². The highest BCUT2D eigenvalue weighted by Crippen LogP contribution is 2.28. The molecule has 2 aromatic heterocycles. The van der Waals surface area contributed by atoms with Crippen molar-refractivity contribution < 1.29 is 4.79 Å². The Hall–Kier alpha value is -2.46. The van der Waals surface area contributed by atoms with Crippen LogP contribution in [0, 0.1) is 0 Å². The van der Waals surface area contributed by atoms with Crippen LogP contribution in [-0.4, -0.2) is 15.9 Å². The van der Waals surface area contributed by atoms with Crippen LogP contribution in [0.4, 0.5) is 5.69 Å². The van der Waals surface area contributed by atoms with Crippen LogP contribution < -0.4 is 5.32 Å². The summed E-state index contributed by atoms with van der Waals surface area (Å²) in [5.74, 6) is -0.266. The Morgan fingerprint density at radius 3 is 2.65 bits per heavy atom. The number of halogens is 1. The molecule has 0 fully saturated rings. The Bertz CT molecular complexity index is 774. The van der Waals surface area contributed by atoms with Gasteiger partial charge in [0.1, 0.15) is 5.69 Å². The topological polar surface area (TPSA) is 54.9 Å².